The van der Waals surface area contributed by atoms with E-state index in [1.807, 2.05) is 0 Å². The summed E-state index contributed by atoms with van der Waals surface area (Å²) in [6.45, 7) is -5.98. The lowest BCUT2D eigenvalue weighted by Crippen LogP contribution is -2.23. The molecule has 0 aliphatic heterocycles. The van der Waals surface area contributed by atoms with Crippen molar-refractivity contribution in [3.63, 3.8) is 0 Å². The van der Waals surface area contributed by atoms with Crippen LogP contribution in [-0.2, 0) is 11.2 Å². The van der Waals surface area contributed by atoms with Crippen LogP contribution < -0.4 is 0 Å². The van der Waals surface area contributed by atoms with Crippen LogP contribution >= 0.6 is 15.9 Å². The standard InChI is InChI=1S/C10H12BrNO/c1-12(2)10(13)7-8-3-5-9(11)6-4-8/h3-6H,7H2,1-2H3/i1D3,2D3. The summed E-state index contributed by atoms with van der Waals surface area (Å²) in [5.41, 5.74) is 0.548. The molecule has 0 fully saturated rings. The molecule has 0 spiro atoms. The summed E-state index contributed by atoms with van der Waals surface area (Å²) in [4.78, 5) is 11.9. The van der Waals surface area contributed by atoms with E-state index in [1.165, 1.54) is 0 Å². The van der Waals surface area contributed by atoms with Crippen molar-refractivity contribution in [2.45, 2.75) is 6.42 Å². The van der Waals surface area contributed by atoms with Gasteiger partial charge in [0.1, 0.15) is 0 Å². The molecule has 0 aromatic heterocycles. The molecule has 13 heavy (non-hydrogen) atoms. The highest BCUT2D eigenvalue weighted by molar-refractivity contribution is 9.10. The number of rotatable bonds is 2. The van der Waals surface area contributed by atoms with E-state index in [9.17, 15) is 4.79 Å². The maximum absolute atomic E-state index is 11.9. The summed E-state index contributed by atoms with van der Waals surface area (Å²) in [5.74, 6) is -0.956. The molecule has 70 valence electrons. The molecule has 1 aromatic carbocycles. The number of nitrogens with zero attached hydrogens (tertiary/aromatic N) is 1. The predicted octanol–water partition coefficient (Wildman–Crippen LogP) is 2.08. The minimum absolute atomic E-state index is 0.0257. The summed E-state index contributed by atoms with van der Waals surface area (Å²) in [5, 5.41) is 0. The Bertz CT molecular complexity index is 439. The van der Waals surface area contributed by atoms with Gasteiger partial charge in [0.05, 0.1) is 6.42 Å². The Balaban J connectivity index is 2.93. The molecule has 1 aromatic rings. The van der Waals surface area contributed by atoms with E-state index in [-0.39, 0.29) is 11.3 Å². The maximum atomic E-state index is 11.9. The van der Waals surface area contributed by atoms with Gasteiger partial charge in [0.15, 0.2) is 0 Å². The van der Waals surface area contributed by atoms with Crippen molar-refractivity contribution in [1.82, 2.24) is 4.90 Å². The molecule has 0 bridgehead atoms. The zero-order valence-corrected chi connectivity index (χ0v) is 8.34. The van der Waals surface area contributed by atoms with Gasteiger partial charge in [-0.2, -0.15) is 0 Å². The molecule has 3 heteroatoms. The number of hydrogen-bond donors (Lipinski definition) is 0. The van der Waals surface area contributed by atoms with E-state index in [0.29, 0.717) is 5.56 Å². The Labute approximate surface area is 95.1 Å². The largest absolute Gasteiger partial charge is 0.349 e. The fraction of sp³-hybridized carbons (Fsp3) is 0.300. The molecular weight excluding hydrogens is 230 g/mol. The minimum atomic E-state index is -2.99. The number of benzene rings is 1. The van der Waals surface area contributed by atoms with Crippen LogP contribution in [-0.4, -0.2) is 24.8 Å². The van der Waals surface area contributed by atoms with Crippen LogP contribution in [0.2, 0.25) is 0 Å². The molecule has 1 amide bonds. The smallest absolute Gasteiger partial charge is 0.226 e. The van der Waals surface area contributed by atoms with Crippen molar-refractivity contribution in [2.75, 3.05) is 14.0 Å². The molecule has 0 heterocycles. The first-order chi connectivity index (χ1) is 8.51. The van der Waals surface area contributed by atoms with E-state index in [1.54, 1.807) is 24.3 Å². The van der Waals surface area contributed by atoms with Crippen molar-refractivity contribution < 1.29 is 13.0 Å². The third-order valence-electron chi connectivity index (χ3n) is 1.52. The molecule has 0 aliphatic carbocycles. The van der Waals surface area contributed by atoms with Crippen molar-refractivity contribution in [3.05, 3.63) is 34.3 Å². The molecule has 0 N–H and O–H groups in total. The summed E-state index contributed by atoms with van der Waals surface area (Å²) in [6, 6.07) is 6.63. The maximum Gasteiger partial charge on any atom is 0.226 e. The van der Waals surface area contributed by atoms with Crippen molar-refractivity contribution in [1.29, 1.82) is 0 Å². The number of likely N-dealkylation sites (N-methyl/N-ethyl adjacent to an activating group) is 1. The Morgan fingerprint density at radius 1 is 1.46 bits per heavy atom. The first-order valence-corrected chi connectivity index (χ1v) is 4.39. The monoisotopic (exact) mass is 247 g/mol. The van der Waals surface area contributed by atoms with Crippen LogP contribution in [0.5, 0.6) is 0 Å². The molecule has 0 saturated carbocycles. The van der Waals surface area contributed by atoms with Crippen LogP contribution in [0.3, 0.4) is 0 Å². The molecule has 0 aliphatic rings. The minimum Gasteiger partial charge on any atom is -0.349 e. The first kappa shape index (κ1) is 4.60. The highest BCUT2D eigenvalue weighted by atomic mass is 79.9. The van der Waals surface area contributed by atoms with E-state index in [0.717, 1.165) is 4.47 Å². The Morgan fingerprint density at radius 3 is 2.62 bits per heavy atom. The van der Waals surface area contributed by atoms with Crippen molar-refractivity contribution in [3.8, 4) is 0 Å². The van der Waals surface area contributed by atoms with Crippen molar-refractivity contribution in [2.24, 2.45) is 0 Å². The van der Waals surface area contributed by atoms with Gasteiger partial charge in [-0.3, -0.25) is 4.79 Å². The second kappa shape index (κ2) is 4.42. The van der Waals surface area contributed by atoms with Gasteiger partial charge in [0.25, 0.3) is 0 Å². The fourth-order valence-corrected chi connectivity index (χ4v) is 1.12. The number of amides is 1. The topological polar surface area (TPSA) is 20.3 Å². The van der Waals surface area contributed by atoms with E-state index in [4.69, 9.17) is 8.22 Å². The highest BCUT2D eigenvalue weighted by Gasteiger charge is 2.04. The van der Waals surface area contributed by atoms with E-state index >= 15 is 0 Å². The van der Waals surface area contributed by atoms with Gasteiger partial charge in [0, 0.05) is 26.6 Å². The zero-order chi connectivity index (χ0) is 14.8. The predicted molar refractivity (Wildman–Crippen MR) is 56.5 cm³/mol. The van der Waals surface area contributed by atoms with Crippen LogP contribution in [0.4, 0.5) is 0 Å². The average molecular weight is 248 g/mol. The lowest BCUT2D eigenvalue weighted by molar-refractivity contribution is -0.127. The highest BCUT2D eigenvalue weighted by Crippen LogP contribution is 2.11. The third-order valence-corrected chi connectivity index (χ3v) is 2.05. The van der Waals surface area contributed by atoms with Gasteiger partial charge in [-0.1, -0.05) is 28.1 Å². The molecule has 1 rings (SSSR count). The normalized spacial score (nSPS) is 18.5. The van der Waals surface area contributed by atoms with E-state index < -0.39 is 19.9 Å². The summed E-state index contributed by atoms with van der Waals surface area (Å²) in [7, 11) is 0. The molecule has 0 saturated heterocycles. The third kappa shape index (κ3) is 3.19. The molecule has 0 radical (unpaired) electrons. The van der Waals surface area contributed by atoms with Gasteiger partial charge in [-0.05, 0) is 17.7 Å². The number of halogens is 1. The summed E-state index contributed by atoms with van der Waals surface area (Å²) in [6.07, 6.45) is -0.274. The zero-order valence-electron chi connectivity index (χ0n) is 12.7. The van der Waals surface area contributed by atoms with Gasteiger partial charge in [0.2, 0.25) is 5.91 Å². The number of carbonyl (C=O) groups excluding carboxylic acids is 1. The summed E-state index contributed by atoms with van der Waals surface area (Å²) >= 11 is 3.23. The molecule has 0 unspecified atom stereocenters. The van der Waals surface area contributed by atoms with E-state index in [2.05, 4.69) is 15.9 Å². The summed E-state index contributed by atoms with van der Waals surface area (Å²) < 4.78 is 43.7. The number of hydrogen-bond acceptors (Lipinski definition) is 1. The second-order valence-electron chi connectivity index (χ2n) is 2.53. The van der Waals surface area contributed by atoms with Crippen LogP contribution in [0.15, 0.2) is 28.7 Å². The van der Waals surface area contributed by atoms with Gasteiger partial charge < -0.3 is 4.90 Å². The Morgan fingerprint density at radius 2 is 2.08 bits per heavy atom. The SMILES string of the molecule is [2H]C([2H])([2H])N(C(=O)Cc1ccc(Br)cc1)C([2H])([2H])[2H]. The lowest BCUT2D eigenvalue weighted by atomic mass is 10.1. The van der Waals surface area contributed by atoms with Gasteiger partial charge >= 0.3 is 0 Å². The van der Waals surface area contributed by atoms with Crippen LogP contribution in [0.1, 0.15) is 13.8 Å². The first-order valence-electron chi connectivity index (χ1n) is 6.59. The van der Waals surface area contributed by atoms with Crippen molar-refractivity contribution >= 4 is 21.8 Å². The second-order valence-corrected chi connectivity index (χ2v) is 3.45. The average Bonchev–Trinajstić information content (AvgIpc) is 2.16. The van der Waals surface area contributed by atoms with Crippen LogP contribution in [0, 0.1) is 0 Å². The Hall–Kier alpha value is -0.830. The molecular formula is C10H12BrNO. The molecule has 0 atom stereocenters. The van der Waals surface area contributed by atoms with Gasteiger partial charge in [-0.15, -0.1) is 0 Å². The van der Waals surface area contributed by atoms with Gasteiger partial charge in [-0.25, -0.2) is 0 Å². The Kier molecular flexibility index (Phi) is 1.56. The fourth-order valence-electron chi connectivity index (χ4n) is 0.856. The lowest BCUT2D eigenvalue weighted by Gasteiger charge is -2.09. The van der Waals surface area contributed by atoms with Crippen LogP contribution in [0.25, 0.3) is 0 Å². The quantitative estimate of drug-likeness (QED) is 0.784. The number of carbonyl (C=O) groups is 1. The molecule has 2 nitrogen and oxygen atoms in total.